The van der Waals surface area contributed by atoms with E-state index in [9.17, 15) is 0 Å². The highest BCUT2D eigenvalue weighted by Crippen LogP contribution is 2.31. The molecule has 6 heteroatoms. The minimum Gasteiger partial charge on any atom is -0.403 e. The first-order valence-electron chi connectivity index (χ1n) is 8.04. The molecule has 1 aliphatic heterocycles. The van der Waals surface area contributed by atoms with E-state index in [1.807, 2.05) is 42.7 Å². The van der Waals surface area contributed by atoms with Crippen molar-refractivity contribution in [2.24, 2.45) is 0 Å². The lowest BCUT2D eigenvalue weighted by Crippen LogP contribution is -2.33. The van der Waals surface area contributed by atoms with Crippen LogP contribution in [0.5, 0.6) is 0 Å². The summed E-state index contributed by atoms with van der Waals surface area (Å²) in [5.41, 5.74) is 2.15. The van der Waals surface area contributed by atoms with Crippen molar-refractivity contribution >= 4 is 17.6 Å². The summed E-state index contributed by atoms with van der Waals surface area (Å²) < 4.78 is 5.84. The van der Waals surface area contributed by atoms with Crippen LogP contribution in [-0.4, -0.2) is 28.3 Å². The zero-order valence-electron chi connectivity index (χ0n) is 13.1. The van der Waals surface area contributed by atoms with Crippen LogP contribution in [0.2, 0.25) is 5.02 Å². The molecule has 0 bridgehead atoms. The average molecular weight is 341 g/mol. The van der Waals surface area contributed by atoms with Crippen molar-refractivity contribution in [1.82, 2.24) is 15.2 Å². The van der Waals surface area contributed by atoms with E-state index >= 15 is 0 Å². The van der Waals surface area contributed by atoms with Crippen molar-refractivity contribution in [2.45, 2.75) is 18.8 Å². The Balaban J connectivity index is 1.45. The minimum absolute atomic E-state index is 0.502. The molecule has 5 nitrogen and oxygen atoms in total. The molecule has 1 fully saturated rings. The fraction of sp³-hybridized carbons (Fsp3) is 0.278. The third-order valence-corrected chi connectivity index (χ3v) is 4.64. The van der Waals surface area contributed by atoms with Crippen LogP contribution in [-0.2, 0) is 0 Å². The Kier molecular flexibility index (Phi) is 4.17. The maximum atomic E-state index is 6.02. The molecule has 1 aromatic carbocycles. The second kappa shape index (κ2) is 6.61. The number of pyridine rings is 1. The predicted molar refractivity (Wildman–Crippen MR) is 93.2 cm³/mol. The second-order valence-electron chi connectivity index (χ2n) is 5.95. The fourth-order valence-electron chi connectivity index (χ4n) is 3.10. The Labute approximate surface area is 145 Å². The van der Waals surface area contributed by atoms with Crippen LogP contribution in [0, 0.1) is 0 Å². The SMILES string of the molecule is Clc1cccc(-c2nnc(N3CCC(c4cccnc4)CC3)o2)c1. The molecule has 0 atom stereocenters. The summed E-state index contributed by atoms with van der Waals surface area (Å²) in [5.74, 6) is 1.05. The summed E-state index contributed by atoms with van der Waals surface area (Å²) in [5, 5.41) is 9.01. The highest BCUT2D eigenvalue weighted by molar-refractivity contribution is 6.30. The highest BCUT2D eigenvalue weighted by Gasteiger charge is 2.24. The van der Waals surface area contributed by atoms with Crippen molar-refractivity contribution in [3.05, 3.63) is 59.4 Å². The van der Waals surface area contributed by atoms with Crippen LogP contribution < -0.4 is 4.90 Å². The normalized spacial score (nSPS) is 15.6. The molecule has 3 aromatic rings. The van der Waals surface area contributed by atoms with Crippen LogP contribution in [0.3, 0.4) is 0 Å². The molecule has 4 rings (SSSR count). The second-order valence-corrected chi connectivity index (χ2v) is 6.38. The zero-order chi connectivity index (χ0) is 16.4. The topological polar surface area (TPSA) is 55.1 Å². The van der Waals surface area contributed by atoms with Crippen LogP contribution in [0.25, 0.3) is 11.5 Å². The lowest BCUT2D eigenvalue weighted by Gasteiger charge is -2.30. The number of piperidine rings is 1. The van der Waals surface area contributed by atoms with E-state index < -0.39 is 0 Å². The molecule has 0 amide bonds. The number of anilines is 1. The minimum atomic E-state index is 0.502. The summed E-state index contributed by atoms with van der Waals surface area (Å²) in [4.78, 5) is 6.36. The van der Waals surface area contributed by atoms with Crippen molar-refractivity contribution < 1.29 is 4.42 Å². The molecule has 0 unspecified atom stereocenters. The maximum Gasteiger partial charge on any atom is 0.318 e. The van der Waals surface area contributed by atoms with Crippen molar-refractivity contribution in [1.29, 1.82) is 0 Å². The zero-order valence-corrected chi connectivity index (χ0v) is 13.9. The van der Waals surface area contributed by atoms with Gasteiger partial charge in [-0.1, -0.05) is 28.8 Å². The van der Waals surface area contributed by atoms with E-state index in [0.29, 0.717) is 22.8 Å². The molecule has 0 spiro atoms. The largest absolute Gasteiger partial charge is 0.403 e. The standard InChI is InChI=1S/C18H17ClN4O/c19-16-5-1-3-14(11-16)17-21-22-18(24-17)23-9-6-13(7-10-23)15-4-2-8-20-12-15/h1-5,8,11-13H,6-7,9-10H2. The van der Waals surface area contributed by atoms with E-state index in [0.717, 1.165) is 31.5 Å². The Morgan fingerprint density at radius 2 is 1.96 bits per heavy atom. The van der Waals surface area contributed by atoms with Gasteiger partial charge in [0.25, 0.3) is 0 Å². The highest BCUT2D eigenvalue weighted by atomic mass is 35.5. The Bertz CT molecular complexity index is 813. The van der Waals surface area contributed by atoms with E-state index in [2.05, 4.69) is 26.1 Å². The van der Waals surface area contributed by atoms with Gasteiger partial charge in [0.2, 0.25) is 5.89 Å². The van der Waals surface area contributed by atoms with Crippen LogP contribution in [0.4, 0.5) is 6.01 Å². The monoisotopic (exact) mass is 340 g/mol. The number of hydrogen-bond acceptors (Lipinski definition) is 5. The van der Waals surface area contributed by atoms with Gasteiger partial charge in [-0.05, 0) is 48.6 Å². The molecule has 0 N–H and O–H groups in total. The average Bonchev–Trinajstić information content (AvgIpc) is 3.13. The van der Waals surface area contributed by atoms with Gasteiger partial charge in [0.1, 0.15) is 0 Å². The van der Waals surface area contributed by atoms with Crippen LogP contribution in [0.1, 0.15) is 24.3 Å². The van der Waals surface area contributed by atoms with Gasteiger partial charge in [0.05, 0.1) is 0 Å². The molecule has 1 saturated heterocycles. The smallest absolute Gasteiger partial charge is 0.318 e. The molecule has 1 aliphatic rings. The molecule has 24 heavy (non-hydrogen) atoms. The van der Waals surface area contributed by atoms with Gasteiger partial charge in [-0.2, -0.15) is 0 Å². The summed E-state index contributed by atoms with van der Waals surface area (Å²) >= 11 is 6.02. The van der Waals surface area contributed by atoms with Gasteiger partial charge in [-0.25, -0.2) is 0 Å². The third-order valence-electron chi connectivity index (χ3n) is 4.41. The summed E-state index contributed by atoms with van der Waals surface area (Å²) in [6.45, 7) is 1.80. The fourth-order valence-corrected chi connectivity index (χ4v) is 3.29. The van der Waals surface area contributed by atoms with E-state index in [-0.39, 0.29) is 0 Å². The van der Waals surface area contributed by atoms with E-state index in [4.69, 9.17) is 16.0 Å². The number of benzene rings is 1. The maximum absolute atomic E-state index is 6.02. The Morgan fingerprint density at radius 1 is 1.08 bits per heavy atom. The number of nitrogens with zero attached hydrogens (tertiary/aromatic N) is 4. The molecule has 0 radical (unpaired) electrons. The number of halogens is 1. The van der Waals surface area contributed by atoms with E-state index in [1.54, 1.807) is 0 Å². The van der Waals surface area contributed by atoms with E-state index in [1.165, 1.54) is 5.56 Å². The van der Waals surface area contributed by atoms with Gasteiger partial charge in [0.15, 0.2) is 0 Å². The van der Waals surface area contributed by atoms with Crippen molar-refractivity contribution in [3.63, 3.8) is 0 Å². The van der Waals surface area contributed by atoms with Crippen LogP contribution >= 0.6 is 11.6 Å². The van der Waals surface area contributed by atoms with Gasteiger partial charge < -0.3 is 9.32 Å². The molecular weight excluding hydrogens is 324 g/mol. The van der Waals surface area contributed by atoms with Gasteiger partial charge in [0, 0.05) is 36.1 Å². The quantitative estimate of drug-likeness (QED) is 0.716. The molecule has 2 aromatic heterocycles. The summed E-state index contributed by atoms with van der Waals surface area (Å²) in [6, 6.07) is 12.2. The van der Waals surface area contributed by atoms with Crippen molar-refractivity contribution in [3.8, 4) is 11.5 Å². The first kappa shape index (κ1) is 15.1. The van der Waals surface area contributed by atoms with Crippen molar-refractivity contribution in [2.75, 3.05) is 18.0 Å². The summed E-state index contributed by atoms with van der Waals surface area (Å²) in [7, 11) is 0. The van der Waals surface area contributed by atoms with Gasteiger partial charge >= 0.3 is 6.01 Å². The molecule has 0 aliphatic carbocycles. The lowest BCUT2D eigenvalue weighted by atomic mass is 9.91. The summed E-state index contributed by atoms with van der Waals surface area (Å²) in [6.07, 6.45) is 5.89. The Morgan fingerprint density at radius 3 is 2.71 bits per heavy atom. The molecule has 3 heterocycles. The lowest BCUT2D eigenvalue weighted by molar-refractivity contribution is 0.461. The van der Waals surface area contributed by atoms with Gasteiger partial charge in [-0.15, -0.1) is 5.10 Å². The predicted octanol–water partition coefficient (Wildman–Crippen LogP) is 4.17. The Hall–Kier alpha value is -2.40. The molecule has 0 saturated carbocycles. The number of rotatable bonds is 3. The number of aromatic nitrogens is 3. The van der Waals surface area contributed by atoms with Crippen LogP contribution in [0.15, 0.2) is 53.2 Å². The molecule has 122 valence electrons. The first-order valence-corrected chi connectivity index (χ1v) is 8.42. The number of hydrogen-bond donors (Lipinski definition) is 0. The third kappa shape index (κ3) is 3.12. The van der Waals surface area contributed by atoms with Gasteiger partial charge in [-0.3, -0.25) is 4.98 Å². The first-order chi connectivity index (χ1) is 11.8. The molecular formula is C18H17ClN4O.